The van der Waals surface area contributed by atoms with Crippen molar-refractivity contribution in [3.8, 4) is 6.07 Å². The Labute approximate surface area is 179 Å². The molecule has 0 bridgehead atoms. The molecule has 1 aromatic heterocycles. The van der Waals surface area contributed by atoms with E-state index in [0.717, 1.165) is 48.3 Å². The van der Waals surface area contributed by atoms with E-state index in [1.54, 1.807) is 6.08 Å². The van der Waals surface area contributed by atoms with E-state index in [0.29, 0.717) is 13.0 Å². The van der Waals surface area contributed by atoms with Gasteiger partial charge in [0.2, 0.25) is 5.91 Å². The lowest BCUT2D eigenvalue weighted by Gasteiger charge is -2.33. The number of benzene rings is 1. The largest absolute Gasteiger partial charge is 0.350 e. The number of aromatic nitrogens is 1. The van der Waals surface area contributed by atoms with E-state index in [1.807, 2.05) is 24.4 Å². The molecule has 30 heavy (non-hydrogen) atoms. The minimum absolute atomic E-state index is 0.0156. The molecule has 4 rings (SSSR count). The Morgan fingerprint density at radius 2 is 1.93 bits per heavy atom. The lowest BCUT2D eigenvalue weighted by Crippen LogP contribution is -2.45. The molecule has 1 saturated heterocycles. The minimum atomic E-state index is -0.0156. The Kier molecular flexibility index (Phi) is 6.86. The molecule has 1 aliphatic heterocycles. The molecule has 1 N–H and O–H groups in total. The second-order valence-corrected chi connectivity index (χ2v) is 8.77. The summed E-state index contributed by atoms with van der Waals surface area (Å²) in [5.41, 5.74) is 2.12. The highest BCUT2D eigenvalue weighted by Crippen LogP contribution is 2.26. The second-order valence-electron chi connectivity index (χ2n) is 8.77. The van der Waals surface area contributed by atoms with Crippen LogP contribution in [0.3, 0.4) is 0 Å². The first-order valence-corrected chi connectivity index (χ1v) is 11.4. The van der Waals surface area contributed by atoms with Crippen molar-refractivity contribution in [3.63, 3.8) is 0 Å². The number of likely N-dealkylation sites (tertiary alicyclic amines) is 1. The van der Waals surface area contributed by atoms with Crippen molar-refractivity contribution in [1.82, 2.24) is 14.8 Å². The molecule has 2 aliphatic rings. The van der Waals surface area contributed by atoms with Crippen molar-refractivity contribution >= 4 is 22.9 Å². The van der Waals surface area contributed by atoms with Gasteiger partial charge in [-0.25, -0.2) is 0 Å². The summed E-state index contributed by atoms with van der Waals surface area (Å²) in [4.78, 5) is 15.1. The molecule has 0 atom stereocenters. The molecule has 1 aliphatic carbocycles. The molecule has 2 fully saturated rings. The maximum Gasteiger partial charge on any atom is 0.244 e. The summed E-state index contributed by atoms with van der Waals surface area (Å²) in [5.74, 6) is 0.882. The van der Waals surface area contributed by atoms with E-state index >= 15 is 0 Å². The van der Waals surface area contributed by atoms with Gasteiger partial charge in [0, 0.05) is 61.0 Å². The van der Waals surface area contributed by atoms with E-state index in [1.165, 1.54) is 32.2 Å². The summed E-state index contributed by atoms with van der Waals surface area (Å²) < 4.78 is 2.09. The first-order chi connectivity index (χ1) is 14.7. The third-order valence-electron chi connectivity index (χ3n) is 6.62. The molecular weight excluding hydrogens is 372 g/mol. The topological polar surface area (TPSA) is 61.1 Å². The summed E-state index contributed by atoms with van der Waals surface area (Å²) >= 11 is 0. The standard InChI is InChI=1S/C25H32N4O/c26-14-5-15-29-19-21(23-8-3-4-9-24(23)29)10-11-25(30)27-22-12-16-28(17-13-22)18-20-6-1-2-7-20/h3-4,8-11,19-20,22H,1-2,5-7,12-13,15-18H2,(H,27,30)/b11-10+. The zero-order chi connectivity index (χ0) is 20.8. The number of piperidine rings is 1. The molecule has 158 valence electrons. The SMILES string of the molecule is N#CCCn1cc(/C=C/C(=O)NC2CCN(CC3CCCC3)CC2)c2ccccc21. The van der Waals surface area contributed by atoms with E-state index in [9.17, 15) is 4.79 Å². The number of hydrogen-bond donors (Lipinski definition) is 1. The van der Waals surface area contributed by atoms with Crippen LogP contribution in [0.5, 0.6) is 0 Å². The van der Waals surface area contributed by atoms with Crippen molar-refractivity contribution in [2.75, 3.05) is 19.6 Å². The molecule has 1 amide bonds. The molecule has 1 aromatic carbocycles. The number of carbonyl (C=O) groups is 1. The first kappa shape index (κ1) is 20.7. The highest BCUT2D eigenvalue weighted by Gasteiger charge is 2.23. The fraction of sp³-hybridized carbons (Fsp3) is 0.520. The Balaban J connectivity index is 1.31. The van der Waals surface area contributed by atoms with Crippen LogP contribution in [-0.2, 0) is 11.3 Å². The van der Waals surface area contributed by atoms with Crippen LogP contribution in [0.2, 0.25) is 0 Å². The molecule has 0 unspecified atom stereocenters. The number of fused-ring (bicyclic) bond motifs is 1. The zero-order valence-electron chi connectivity index (χ0n) is 17.7. The maximum absolute atomic E-state index is 12.5. The number of nitrogens with one attached hydrogen (secondary N) is 1. The number of amides is 1. The van der Waals surface area contributed by atoms with E-state index in [4.69, 9.17) is 5.26 Å². The van der Waals surface area contributed by atoms with E-state index in [2.05, 4.69) is 33.0 Å². The number of rotatable bonds is 7. The minimum Gasteiger partial charge on any atom is -0.350 e. The molecule has 1 saturated carbocycles. The van der Waals surface area contributed by atoms with Crippen LogP contribution in [0.4, 0.5) is 0 Å². The van der Waals surface area contributed by atoms with Gasteiger partial charge in [-0.15, -0.1) is 0 Å². The van der Waals surface area contributed by atoms with Gasteiger partial charge >= 0.3 is 0 Å². The molecule has 2 heterocycles. The third kappa shape index (κ3) is 5.12. The molecule has 0 spiro atoms. The van der Waals surface area contributed by atoms with Crippen LogP contribution < -0.4 is 5.32 Å². The fourth-order valence-electron chi connectivity index (χ4n) is 5.00. The van der Waals surface area contributed by atoms with Crippen molar-refractivity contribution < 1.29 is 4.79 Å². The Bertz CT molecular complexity index is 924. The van der Waals surface area contributed by atoms with Crippen molar-refractivity contribution in [3.05, 3.63) is 42.1 Å². The summed E-state index contributed by atoms with van der Waals surface area (Å²) in [7, 11) is 0. The van der Waals surface area contributed by atoms with Crippen LogP contribution in [0.1, 0.15) is 50.5 Å². The number of nitriles is 1. The van der Waals surface area contributed by atoms with Gasteiger partial charge in [-0.2, -0.15) is 5.26 Å². The van der Waals surface area contributed by atoms with Gasteiger partial charge in [-0.3, -0.25) is 4.79 Å². The van der Waals surface area contributed by atoms with Gasteiger partial charge in [0.1, 0.15) is 0 Å². The Morgan fingerprint density at radius 3 is 2.70 bits per heavy atom. The number of hydrogen-bond acceptors (Lipinski definition) is 3. The normalized spacial score (nSPS) is 18.9. The summed E-state index contributed by atoms with van der Waals surface area (Å²) in [6.45, 7) is 4.10. The predicted octanol–water partition coefficient (Wildman–Crippen LogP) is 4.34. The smallest absolute Gasteiger partial charge is 0.244 e. The van der Waals surface area contributed by atoms with Crippen LogP contribution in [0.25, 0.3) is 17.0 Å². The maximum atomic E-state index is 12.5. The van der Waals surface area contributed by atoms with Gasteiger partial charge < -0.3 is 14.8 Å². The van der Waals surface area contributed by atoms with Crippen LogP contribution >= 0.6 is 0 Å². The van der Waals surface area contributed by atoms with Gasteiger partial charge in [-0.1, -0.05) is 31.0 Å². The first-order valence-electron chi connectivity index (χ1n) is 11.4. The van der Waals surface area contributed by atoms with E-state index in [-0.39, 0.29) is 11.9 Å². The summed E-state index contributed by atoms with van der Waals surface area (Å²) in [5, 5.41) is 13.2. The highest BCUT2D eigenvalue weighted by atomic mass is 16.1. The fourth-order valence-corrected chi connectivity index (χ4v) is 5.00. The average molecular weight is 405 g/mol. The molecule has 5 nitrogen and oxygen atoms in total. The van der Waals surface area contributed by atoms with Crippen LogP contribution in [-0.4, -0.2) is 41.1 Å². The molecule has 2 aromatic rings. The van der Waals surface area contributed by atoms with Crippen LogP contribution in [0.15, 0.2) is 36.5 Å². The van der Waals surface area contributed by atoms with Gasteiger partial charge in [0.15, 0.2) is 0 Å². The number of para-hydroxylation sites is 1. The number of aryl methyl sites for hydroxylation is 1. The highest BCUT2D eigenvalue weighted by molar-refractivity contribution is 5.96. The zero-order valence-corrected chi connectivity index (χ0v) is 17.7. The van der Waals surface area contributed by atoms with Gasteiger partial charge in [0.05, 0.1) is 12.5 Å². The monoisotopic (exact) mass is 404 g/mol. The lowest BCUT2D eigenvalue weighted by molar-refractivity contribution is -0.117. The van der Waals surface area contributed by atoms with Crippen molar-refractivity contribution in [2.45, 2.75) is 57.5 Å². The van der Waals surface area contributed by atoms with Crippen molar-refractivity contribution in [2.24, 2.45) is 5.92 Å². The quantitative estimate of drug-likeness (QED) is 0.699. The molecule has 5 heteroatoms. The van der Waals surface area contributed by atoms with Crippen LogP contribution in [0, 0.1) is 17.2 Å². The Hall–Kier alpha value is -2.58. The van der Waals surface area contributed by atoms with E-state index < -0.39 is 0 Å². The summed E-state index contributed by atoms with van der Waals surface area (Å²) in [6, 6.07) is 10.6. The number of carbonyl (C=O) groups excluding carboxylic acids is 1. The lowest BCUT2D eigenvalue weighted by atomic mass is 10.0. The number of nitrogens with zero attached hydrogens (tertiary/aromatic N) is 3. The second kappa shape index (κ2) is 9.95. The average Bonchev–Trinajstić information content (AvgIpc) is 3.40. The van der Waals surface area contributed by atoms with Gasteiger partial charge in [-0.05, 0) is 43.7 Å². The molecule has 0 radical (unpaired) electrons. The third-order valence-corrected chi connectivity index (χ3v) is 6.62. The summed E-state index contributed by atoms with van der Waals surface area (Å²) in [6.07, 6.45) is 13.7. The van der Waals surface area contributed by atoms with Crippen molar-refractivity contribution in [1.29, 1.82) is 5.26 Å². The van der Waals surface area contributed by atoms with Gasteiger partial charge in [0.25, 0.3) is 0 Å². The molecular formula is C25H32N4O. The Morgan fingerprint density at radius 1 is 1.17 bits per heavy atom. The predicted molar refractivity (Wildman–Crippen MR) is 121 cm³/mol.